The Balaban J connectivity index is 3.75. The summed E-state index contributed by atoms with van der Waals surface area (Å²) in [5, 5.41) is 2.58. The molecular weight excluding hydrogens is 254 g/mol. The summed E-state index contributed by atoms with van der Waals surface area (Å²) in [5.74, 6) is -1.37. The Bertz CT molecular complexity index is 356. The molecular formula is C12H19NO6. The zero-order valence-corrected chi connectivity index (χ0v) is 11.5. The van der Waals surface area contributed by atoms with Crippen molar-refractivity contribution >= 4 is 18.0 Å². The summed E-state index contributed by atoms with van der Waals surface area (Å²) in [7, 11) is 1.19. The number of hydrogen-bond acceptors (Lipinski definition) is 6. The van der Waals surface area contributed by atoms with Crippen LogP contribution in [0, 0.1) is 0 Å². The van der Waals surface area contributed by atoms with Crippen molar-refractivity contribution < 1.29 is 28.6 Å². The van der Waals surface area contributed by atoms with Gasteiger partial charge in [0.2, 0.25) is 0 Å². The number of carbonyl (C=O) groups excluding carboxylic acids is 3. The van der Waals surface area contributed by atoms with E-state index in [1.165, 1.54) is 7.11 Å². The molecule has 1 N–H and O–H groups in total. The van der Waals surface area contributed by atoms with Gasteiger partial charge in [-0.15, -0.1) is 0 Å². The number of rotatable bonds is 5. The van der Waals surface area contributed by atoms with E-state index < -0.39 is 23.6 Å². The zero-order valence-electron chi connectivity index (χ0n) is 11.5. The summed E-state index contributed by atoms with van der Waals surface area (Å²) in [6, 6.07) is 0. The molecule has 1 amide bonds. The van der Waals surface area contributed by atoms with Crippen molar-refractivity contribution in [1.29, 1.82) is 0 Å². The van der Waals surface area contributed by atoms with E-state index in [9.17, 15) is 14.4 Å². The lowest BCUT2D eigenvalue weighted by atomic mass is 10.1. The Hall–Kier alpha value is -2.05. The van der Waals surface area contributed by atoms with Gasteiger partial charge in [-0.25, -0.2) is 14.4 Å². The summed E-state index contributed by atoms with van der Waals surface area (Å²) in [6.07, 6.45) is 1.28. The average Bonchev–Trinajstić information content (AvgIpc) is 2.29. The van der Waals surface area contributed by atoms with Crippen LogP contribution in [0.15, 0.2) is 12.2 Å². The molecule has 0 aliphatic heterocycles. The third-order valence-electron chi connectivity index (χ3n) is 1.59. The van der Waals surface area contributed by atoms with Crippen LogP contribution in [-0.2, 0) is 23.8 Å². The van der Waals surface area contributed by atoms with E-state index in [0.29, 0.717) is 0 Å². The normalized spacial score (nSPS) is 10.9. The number of amides is 1. The Morgan fingerprint density at radius 2 is 1.53 bits per heavy atom. The molecule has 0 bridgehead atoms. The topological polar surface area (TPSA) is 90.9 Å². The van der Waals surface area contributed by atoms with Gasteiger partial charge in [-0.05, 0) is 20.8 Å². The lowest BCUT2D eigenvalue weighted by Crippen LogP contribution is -2.41. The fourth-order valence-corrected chi connectivity index (χ4v) is 0.871. The van der Waals surface area contributed by atoms with Crippen LogP contribution in [-0.4, -0.2) is 43.9 Å². The minimum atomic E-state index is -0.717. The second-order valence-corrected chi connectivity index (χ2v) is 4.53. The maximum Gasteiger partial charge on any atom is 0.407 e. The summed E-state index contributed by atoms with van der Waals surface area (Å²) < 4.78 is 13.7. The van der Waals surface area contributed by atoms with E-state index in [2.05, 4.69) is 14.8 Å². The molecule has 0 radical (unpaired) electrons. The monoisotopic (exact) mass is 273 g/mol. The van der Waals surface area contributed by atoms with Crippen molar-refractivity contribution in [3.63, 3.8) is 0 Å². The molecule has 0 rings (SSSR count). The average molecular weight is 273 g/mol. The molecule has 0 aromatic rings. The molecule has 0 saturated carbocycles. The number of nitrogens with one attached hydrogen (secondary N) is 1. The van der Waals surface area contributed by atoms with Crippen LogP contribution >= 0.6 is 0 Å². The highest BCUT2D eigenvalue weighted by molar-refractivity contribution is 5.91. The fourth-order valence-electron chi connectivity index (χ4n) is 0.871. The second kappa shape index (κ2) is 8.12. The van der Waals surface area contributed by atoms with Crippen molar-refractivity contribution in [3.8, 4) is 0 Å². The van der Waals surface area contributed by atoms with Gasteiger partial charge < -0.3 is 19.5 Å². The zero-order chi connectivity index (χ0) is 14.9. The lowest BCUT2D eigenvalue weighted by molar-refractivity contribution is -0.140. The number of hydrogen-bond donors (Lipinski definition) is 1. The molecule has 7 heteroatoms. The molecule has 0 atom stereocenters. The van der Waals surface area contributed by atoms with Crippen molar-refractivity contribution in [2.24, 2.45) is 0 Å². The standard InChI is InChI=1S/C12H19NO6/c1-12(2,3)13-11(16)19-8-7-18-10(15)6-5-9(14)17-4/h5-6H,7-8H2,1-4H3,(H,13,16)/b6-5+. The Morgan fingerprint density at radius 1 is 1.00 bits per heavy atom. The van der Waals surface area contributed by atoms with E-state index in [-0.39, 0.29) is 13.2 Å². The van der Waals surface area contributed by atoms with Gasteiger partial charge in [-0.2, -0.15) is 0 Å². The van der Waals surface area contributed by atoms with Crippen molar-refractivity contribution in [2.75, 3.05) is 20.3 Å². The first-order chi connectivity index (χ1) is 8.74. The van der Waals surface area contributed by atoms with E-state index >= 15 is 0 Å². The molecule has 108 valence electrons. The van der Waals surface area contributed by atoms with Crippen LogP contribution < -0.4 is 5.32 Å². The molecule has 0 aromatic carbocycles. The van der Waals surface area contributed by atoms with E-state index in [4.69, 9.17) is 4.74 Å². The quantitative estimate of drug-likeness (QED) is 0.344. The molecule has 0 aliphatic carbocycles. The highest BCUT2D eigenvalue weighted by Gasteiger charge is 2.14. The number of methoxy groups -OCH3 is 1. The highest BCUT2D eigenvalue weighted by atomic mass is 16.6. The number of ether oxygens (including phenoxy) is 3. The Kier molecular flexibility index (Phi) is 7.25. The van der Waals surface area contributed by atoms with Gasteiger partial charge in [0.1, 0.15) is 13.2 Å². The molecule has 0 aromatic heterocycles. The molecule has 19 heavy (non-hydrogen) atoms. The molecule has 0 fully saturated rings. The van der Waals surface area contributed by atoms with Crippen LogP contribution in [0.1, 0.15) is 20.8 Å². The Labute approximate surface area is 111 Å². The third kappa shape index (κ3) is 10.8. The third-order valence-corrected chi connectivity index (χ3v) is 1.59. The Morgan fingerprint density at radius 3 is 2.05 bits per heavy atom. The maximum absolute atomic E-state index is 11.2. The smallest absolute Gasteiger partial charge is 0.407 e. The molecule has 0 saturated heterocycles. The van der Waals surface area contributed by atoms with Gasteiger partial charge in [-0.3, -0.25) is 0 Å². The van der Waals surface area contributed by atoms with Gasteiger partial charge >= 0.3 is 18.0 Å². The van der Waals surface area contributed by atoms with E-state index in [0.717, 1.165) is 12.2 Å². The summed E-state index contributed by atoms with van der Waals surface area (Å²) in [6.45, 7) is 5.27. The largest absolute Gasteiger partial charge is 0.466 e. The number of carbonyl (C=O) groups is 3. The van der Waals surface area contributed by atoms with Crippen molar-refractivity contribution in [3.05, 3.63) is 12.2 Å². The van der Waals surface area contributed by atoms with Crippen LogP contribution in [0.4, 0.5) is 4.79 Å². The molecule has 0 unspecified atom stereocenters. The van der Waals surface area contributed by atoms with E-state index in [1.54, 1.807) is 0 Å². The van der Waals surface area contributed by atoms with Crippen molar-refractivity contribution in [2.45, 2.75) is 26.3 Å². The number of esters is 2. The fraction of sp³-hybridized carbons (Fsp3) is 0.583. The predicted molar refractivity (Wildman–Crippen MR) is 66.4 cm³/mol. The second-order valence-electron chi connectivity index (χ2n) is 4.53. The minimum Gasteiger partial charge on any atom is -0.466 e. The minimum absolute atomic E-state index is 0.0697. The molecule has 0 heterocycles. The van der Waals surface area contributed by atoms with Gasteiger partial charge in [-0.1, -0.05) is 0 Å². The first-order valence-corrected chi connectivity index (χ1v) is 5.62. The first-order valence-electron chi connectivity index (χ1n) is 5.62. The first kappa shape index (κ1) is 16.9. The van der Waals surface area contributed by atoms with Crippen LogP contribution in [0.25, 0.3) is 0 Å². The summed E-state index contributed by atoms with van der Waals surface area (Å²) in [4.78, 5) is 32.9. The molecule has 0 aliphatic rings. The maximum atomic E-state index is 11.2. The van der Waals surface area contributed by atoms with Gasteiger partial charge in [0.25, 0.3) is 0 Å². The van der Waals surface area contributed by atoms with Gasteiger partial charge in [0, 0.05) is 17.7 Å². The molecule has 0 spiro atoms. The summed E-state index contributed by atoms with van der Waals surface area (Å²) >= 11 is 0. The van der Waals surface area contributed by atoms with Crippen LogP contribution in [0.3, 0.4) is 0 Å². The highest BCUT2D eigenvalue weighted by Crippen LogP contribution is 1.98. The number of alkyl carbamates (subject to hydrolysis) is 1. The SMILES string of the molecule is COC(=O)/C=C/C(=O)OCCOC(=O)NC(C)(C)C. The van der Waals surface area contributed by atoms with Crippen LogP contribution in [0.5, 0.6) is 0 Å². The molecule has 7 nitrogen and oxygen atoms in total. The van der Waals surface area contributed by atoms with Crippen LogP contribution in [0.2, 0.25) is 0 Å². The summed E-state index contributed by atoms with van der Waals surface area (Å²) in [5.41, 5.74) is -0.392. The predicted octanol–water partition coefficient (Wildman–Crippen LogP) is 0.783. The van der Waals surface area contributed by atoms with Gasteiger partial charge in [0.05, 0.1) is 7.11 Å². The van der Waals surface area contributed by atoms with E-state index in [1.807, 2.05) is 20.8 Å². The lowest BCUT2D eigenvalue weighted by Gasteiger charge is -2.19. The van der Waals surface area contributed by atoms with Gasteiger partial charge in [0.15, 0.2) is 0 Å². The van der Waals surface area contributed by atoms with Crippen molar-refractivity contribution in [1.82, 2.24) is 5.32 Å².